The number of carbonyl (C=O) groups is 2. The second kappa shape index (κ2) is 8.75. The Hall–Kier alpha value is -3.06. The number of carbonyl (C=O) groups excluding carboxylic acids is 2. The van der Waals surface area contributed by atoms with Gasteiger partial charge in [-0.15, -0.1) is 0 Å². The molecule has 0 radical (unpaired) electrons. The van der Waals surface area contributed by atoms with Crippen molar-refractivity contribution in [3.8, 4) is 0 Å². The summed E-state index contributed by atoms with van der Waals surface area (Å²) in [6.45, 7) is 4.40. The molecule has 7 nitrogen and oxygen atoms in total. The van der Waals surface area contributed by atoms with Crippen molar-refractivity contribution in [2.45, 2.75) is 13.3 Å². The van der Waals surface area contributed by atoms with Crippen LogP contribution in [0.25, 0.3) is 0 Å². The molecule has 0 aliphatic carbocycles. The van der Waals surface area contributed by atoms with Gasteiger partial charge in [0.2, 0.25) is 5.91 Å². The summed E-state index contributed by atoms with van der Waals surface area (Å²) in [5.41, 5.74) is 2.13. The van der Waals surface area contributed by atoms with Crippen LogP contribution in [0.1, 0.15) is 13.3 Å². The van der Waals surface area contributed by atoms with E-state index in [-0.39, 0.29) is 18.4 Å². The van der Waals surface area contributed by atoms with Gasteiger partial charge in [0.05, 0.1) is 24.4 Å². The van der Waals surface area contributed by atoms with Gasteiger partial charge in [0.25, 0.3) is 0 Å². The lowest BCUT2D eigenvalue weighted by Crippen LogP contribution is -2.51. The lowest BCUT2D eigenvalue weighted by molar-refractivity contribution is -0.116. The van der Waals surface area contributed by atoms with E-state index >= 15 is 0 Å². The van der Waals surface area contributed by atoms with Crippen LogP contribution in [0.3, 0.4) is 0 Å². The molecule has 0 spiro atoms. The van der Waals surface area contributed by atoms with E-state index in [1.807, 2.05) is 36.4 Å². The first-order valence-corrected chi connectivity index (χ1v) is 10.4. The average Bonchev–Trinajstić information content (AvgIpc) is 2.90. The Morgan fingerprint density at radius 1 is 1.10 bits per heavy atom. The van der Waals surface area contributed by atoms with Gasteiger partial charge in [-0.3, -0.25) is 9.69 Å². The van der Waals surface area contributed by atoms with Gasteiger partial charge in [-0.1, -0.05) is 29.8 Å². The predicted molar refractivity (Wildman–Crippen MR) is 117 cm³/mol. The molecule has 0 saturated carbocycles. The number of aliphatic imine (C=N–C) groups is 1. The minimum atomic E-state index is -0.300. The molecular weight excluding hydrogens is 404 g/mol. The van der Waals surface area contributed by atoms with Crippen LogP contribution in [0.4, 0.5) is 21.9 Å². The Kier molecular flexibility index (Phi) is 5.90. The maximum atomic E-state index is 13.3. The highest BCUT2D eigenvalue weighted by Crippen LogP contribution is 2.39. The third-order valence-corrected chi connectivity index (χ3v) is 5.41. The number of piperazine rings is 1. The molecule has 2 aliphatic rings. The van der Waals surface area contributed by atoms with Gasteiger partial charge in [0.15, 0.2) is 0 Å². The molecule has 0 atom stereocenters. The number of nitrogens with zero attached hydrogens (tertiary/aromatic N) is 4. The van der Waals surface area contributed by atoms with Crippen molar-refractivity contribution in [3.63, 3.8) is 0 Å². The maximum absolute atomic E-state index is 13.3. The molecule has 0 unspecified atom stereocenters. The molecule has 1 saturated heterocycles. The molecule has 4 rings (SSSR count). The number of amidine groups is 1. The molecule has 1 fully saturated rings. The van der Waals surface area contributed by atoms with Gasteiger partial charge < -0.3 is 14.5 Å². The van der Waals surface area contributed by atoms with Crippen molar-refractivity contribution in [1.82, 2.24) is 9.80 Å². The molecule has 2 aromatic carbocycles. The zero-order valence-corrected chi connectivity index (χ0v) is 17.5. The van der Waals surface area contributed by atoms with Crippen molar-refractivity contribution < 1.29 is 14.3 Å². The molecule has 0 bridgehead atoms. The van der Waals surface area contributed by atoms with E-state index in [1.165, 1.54) is 0 Å². The Balaban J connectivity index is 1.61. The topological polar surface area (TPSA) is 65.5 Å². The highest BCUT2D eigenvalue weighted by atomic mass is 35.5. The summed E-state index contributed by atoms with van der Waals surface area (Å²) in [6.07, 6.45) is -0.132. The number of hydrogen-bond donors (Lipinski definition) is 0. The normalized spacial score (nSPS) is 16.7. The van der Waals surface area contributed by atoms with Crippen LogP contribution in [0.15, 0.2) is 53.5 Å². The minimum absolute atomic E-state index is 0.0752. The molecule has 2 heterocycles. The van der Waals surface area contributed by atoms with Gasteiger partial charge >= 0.3 is 6.09 Å². The molecule has 2 aromatic rings. The van der Waals surface area contributed by atoms with Gasteiger partial charge in [0, 0.05) is 36.9 Å². The predicted octanol–water partition coefficient (Wildman–Crippen LogP) is 4.21. The second-order valence-electron chi connectivity index (χ2n) is 7.08. The number of rotatable bonds is 2. The SMILES string of the molecule is CCOC(=O)N1CCN(C2=Nc3ccc(Cl)cc3N(c3ccccc3)C(=O)C2)CC1. The standard InChI is InChI=1S/C22H23ClN4O3/c1-2-30-22(29)26-12-10-25(11-13-26)20-15-21(28)27(17-6-4-3-5-7-17)19-14-16(23)8-9-18(19)24-20/h3-9,14H,2,10-13,15H2,1H3. The monoisotopic (exact) mass is 426 g/mol. The van der Waals surface area contributed by atoms with Crippen LogP contribution in [0.2, 0.25) is 5.02 Å². The van der Waals surface area contributed by atoms with Crippen molar-refractivity contribution in [2.75, 3.05) is 37.7 Å². The number of benzene rings is 2. The summed E-state index contributed by atoms with van der Waals surface area (Å²) in [6, 6.07) is 14.9. The summed E-state index contributed by atoms with van der Waals surface area (Å²) in [5, 5.41) is 0.546. The van der Waals surface area contributed by atoms with Crippen LogP contribution in [0.5, 0.6) is 0 Å². The lowest BCUT2D eigenvalue weighted by atomic mass is 10.2. The molecule has 156 valence electrons. The number of amides is 2. The Labute approximate surface area is 180 Å². The lowest BCUT2D eigenvalue weighted by Gasteiger charge is -2.35. The van der Waals surface area contributed by atoms with Gasteiger partial charge in [-0.05, 0) is 37.3 Å². The Morgan fingerprint density at radius 2 is 1.83 bits per heavy atom. The largest absolute Gasteiger partial charge is 0.450 e. The molecule has 0 aromatic heterocycles. The first-order chi connectivity index (χ1) is 14.6. The summed E-state index contributed by atoms with van der Waals surface area (Å²) in [4.78, 5) is 35.5. The van der Waals surface area contributed by atoms with E-state index in [4.69, 9.17) is 21.3 Å². The molecule has 2 aliphatic heterocycles. The van der Waals surface area contributed by atoms with E-state index in [9.17, 15) is 9.59 Å². The summed E-state index contributed by atoms with van der Waals surface area (Å²) in [5.74, 6) is 0.624. The smallest absolute Gasteiger partial charge is 0.409 e. The summed E-state index contributed by atoms with van der Waals surface area (Å²) >= 11 is 6.24. The minimum Gasteiger partial charge on any atom is -0.450 e. The molecular formula is C22H23ClN4O3. The zero-order chi connectivity index (χ0) is 21.1. The fourth-order valence-electron chi connectivity index (χ4n) is 3.70. The van der Waals surface area contributed by atoms with Crippen molar-refractivity contribution in [3.05, 3.63) is 53.6 Å². The van der Waals surface area contributed by atoms with Crippen molar-refractivity contribution in [1.29, 1.82) is 0 Å². The van der Waals surface area contributed by atoms with Gasteiger partial charge in [-0.25, -0.2) is 9.79 Å². The van der Waals surface area contributed by atoms with E-state index in [1.54, 1.807) is 28.9 Å². The van der Waals surface area contributed by atoms with E-state index in [2.05, 4.69) is 4.90 Å². The van der Waals surface area contributed by atoms with E-state index in [0.717, 1.165) is 5.69 Å². The number of ether oxygens (including phenoxy) is 1. The van der Waals surface area contributed by atoms with E-state index < -0.39 is 0 Å². The summed E-state index contributed by atoms with van der Waals surface area (Å²) < 4.78 is 5.08. The zero-order valence-electron chi connectivity index (χ0n) is 16.8. The molecule has 30 heavy (non-hydrogen) atoms. The molecule has 0 N–H and O–H groups in total. The number of anilines is 2. The van der Waals surface area contributed by atoms with Crippen LogP contribution < -0.4 is 4.90 Å². The van der Waals surface area contributed by atoms with Gasteiger partial charge in [0.1, 0.15) is 5.84 Å². The fraction of sp³-hybridized carbons (Fsp3) is 0.318. The summed E-state index contributed by atoms with van der Waals surface area (Å²) in [7, 11) is 0. The molecule has 8 heteroatoms. The second-order valence-corrected chi connectivity index (χ2v) is 7.51. The third-order valence-electron chi connectivity index (χ3n) is 5.17. The van der Waals surface area contributed by atoms with Crippen LogP contribution in [-0.2, 0) is 9.53 Å². The third kappa shape index (κ3) is 4.11. The van der Waals surface area contributed by atoms with E-state index in [0.29, 0.717) is 55.0 Å². The van der Waals surface area contributed by atoms with Crippen LogP contribution in [-0.4, -0.2) is 60.4 Å². The molecule has 2 amide bonds. The fourth-order valence-corrected chi connectivity index (χ4v) is 3.87. The number of hydrogen-bond acceptors (Lipinski definition) is 5. The number of halogens is 1. The van der Waals surface area contributed by atoms with Gasteiger partial charge in [-0.2, -0.15) is 0 Å². The Morgan fingerprint density at radius 3 is 2.53 bits per heavy atom. The Bertz CT molecular complexity index is 972. The maximum Gasteiger partial charge on any atom is 0.409 e. The highest BCUT2D eigenvalue weighted by Gasteiger charge is 2.30. The van der Waals surface area contributed by atoms with Crippen LogP contribution in [0, 0.1) is 0 Å². The van der Waals surface area contributed by atoms with Crippen LogP contribution >= 0.6 is 11.6 Å². The quantitative estimate of drug-likeness (QED) is 0.721. The van der Waals surface area contributed by atoms with Crippen molar-refractivity contribution in [2.24, 2.45) is 4.99 Å². The number of para-hydroxylation sites is 1. The van der Waals surface area contributed by atoms with Crippen molar-refractivity contribution >= 4 is 46.5 Å². The first-order valence-electron chi connectivity index (χ1n) is 9.98. The first kappa shape index (κ1) is 20.2. The average molecular weight is 427 g/mol. The number of fused-ring (bicyclic) bond motifs is 1. The highest BCUT2D eigenvalue weighted by molar-refractivity contribution is 6.31.